The van der Waals surface area contributed by atoms with Gasteiger partial charge in [0.15, 0.2) is 0 Å². The van der Waals surface area contributed by atoms with Gasteiger partial charge in [0, 0.05) is 0 Å². The summed E-state index contributed by atoms with van der Waals surface area (Å²) in [4.78, 5) is 59.0. The number of rotatable bonds is 14. The molecular formula is C17H31N5O6S. The Bertz CT molecular complexity index is 601. The summed E-state index contributed by atoms with van der Waals surface area (Å²) in [6, 6.07) is -3.21. The third kappa shape index (κ3) is 12.0. The van der Waals surface area contributed by atoms with Gasteiger partial charge < -0.3 is 32.5 Å². The fourth-order valence-electron chi connectivity index (χ4n) is 2.33. The number of carbonyl (C=O) groups excluding carboxylic acids is 4. The van der Waals surface area contributed by atoms with Crippen molar-refractivity contribution in [2.45, 2.75) is 51.2 Å². The standard InChI is InChI=1S/C17H31N5O6S/c1-9(2)6-11(16(27)20-8-14(24)25)22-17(28)12(7-13(19)23)21-15(26)10(18)4-5-29-3/h9-12H,4-8,18H2,1-3H3,(H2,19,23)(H,20,27)(H,21,26)(H,22,28)(H,24,25). The molecule has 8 N–H and O–H groups in total. The molecule has 0 spiro atoms. The summed E-state index contributed by atoms with van der Waals surface area (Å²) in [5.41, 5.74) is 10.9. The van der Waals surface area contributed by atoms with Gasteiger partial charge in [-0.1, -0.05) is 13.8 Å². The number of primary amides is 1. The van der Waals surface area contributed by atoms with Crippen LogP contribution in [0.4, 0.5) is 0 Å². The Morgan fingerprint density at radius 1 is 1.00 bits per heavy atom. The zero-order valence-electron chi connectivity index (χ0n) is 16.9. The van der Waals surface area contributed by atoms with E-state index in [2.05, 4.69) is 16.0 Å². The lowest BCUT2D eigenvalue weighted by Gasteiger charge is -2.24. The van der Waals surface area contributed by atoms with E-state index < -0.39 is 60.7 Å². The maximum Gasteiger partial charge on any atom is 0.322 e. The van der Waals surface area contributed by atoms with Crippen LogP contribution >= 0.6 is 11.8 Å². The number of amides is 4. The minimum atomic E-state index is -1.30. The van der Waals surface area contributed by atoms with E-state index in [0.29, 0.717) is 12.2 Å². The van der Waals surface area contributed by atoms with Crippen LogP contribution in [0.5, 0.6) is 0 Å². The van der Waals surface area contributed by atoms with Gasteiger partial charge in [0.1, 0.15) is 18.6 Å². The van der Waals surface area contributed by atoms with Crippen LogP contribution in [0.1, 0.15) is 33.1 Å². The molecule has 0 fully saturated rings. The molecule has 0 saturated carbocycles. The van der Waals surface area contributed by atoms with Crippen LogP contribution in [0.3, 0.4) is 0 Å². The van der Waals surface area contributed by atoms with E-state index in [-0.39, 0.29) is 12.3 Å². The molecule has 0 radical (unpaired) electrons. The normalized spacial score (nSPS) is 13.8. The lowest BCUT2D eigenvalue weighted by molar-refractivity contribution is -0.139. The first kappa shape index (κ1) is 26.7. The van der Waals surface area contributed by atoms with Crippen molar-refractivity contribution in [3.05, 3.63) is 0 Å². The topological polar surface area (TPSA) is 194 Å². The molecule has 0 aromatic heterocycles. The second-order valence-corrected chi connectivity index (χ2v) is 7.91. The van der Waals surface area contributed by atoms with Crippen LogP contribution < -0.4 is 27.4 Å². The van der Waals surface area contributed by atoms with Crippen molar-refractivity contribution in [1.82, 2.24) is 16.0 Å². The van der Waals surface area contributed by atoms with Crippen molar-refractivity contribution < 1.29 is 29.1 Å². The fourth-order valence-corrected chi connectivity index (χ4v) is 2.82. The van der Waals surface area contributed by atoms with Gasteiger partial charge in [-0.3, -0.25) is 24.0 Å². The Morgan fingerprint density at radius 2 is 1.59 bits per heavy atom. The minimum absolute atomic E-state index is 0.0000238. The highest BCUT2D eigenvalue weighted by molar-refractivity contribution is 7.98. The third-order valence-electron chi connectivity index (χ3n) is 3.76. The molecule has 0 aliphatic carbocycles. The summed E-state index contributed by atoms with van der Waals surface area (Å²) in [5, 5.41) is 15.7. The molecule has 11 nitrogen and oxygen atoms in total. The summed E-state index contributed by atoms with van der Waals surface area (Å²) in [6.07, 6.45) is 1.99. The minimum Gasteiger partial charge on any atom is -0.480 e. The molecule has 0 aromatic carbocycles. The maximum atomic E-state index is 12.6. The lowest BCUT2D eigenvalue weighted by atomic mass is 10.0. The first-order valence-corrected chi connectivity index (χ1v) is 10.5. The highest BCUT2D eigenvalue weighted by atomic mass is 32.2. The summed E-state index contributed by atoms with van der Waals surface area (Å²) < 4.78 is 0. The van der Waals surface area contributed by atoms with Gasteiger partial charge in [-0.25, -0.2) is 0 Å². The van der Waals surface area contributed by atoms with Gasteiger partial charge in [-0.05, 0) is 30.8 Å². The Balaban J connectivity index is 5.21. The molecule has 0 aliphatic heterocycles. The van der Waals surface area contributed by atoms with Crippen LogP contribution in [0.2, 0.25) is 0 Å². The van der Waals surface area contributed by atoms with Gasteiger partial charge in [0.25, 0.3) is 0 Å². The van der Waals surface area contributed by atoms with E-state index in [1.54, 1.807) is 0 Å². The molecule has 166 valence electrons. The smallest absolute Gasteiger partial charge is 0.322 e. The molecule has 0 saturated heterocycles. The number of hydrogen-bond acceptors (Lipinski definition) is 7. The maximum absolute atomic E-state index is 12.6. The van der Waals surface area contributed by atoms with Crippen LogP contribution in [0.15, 0.2) is 0 Å². The average Bonchev–Trinajstić information content (AvgIpc) is 2.61. The van der Waals surface area contributed by atoms with Gasteiger partial charge >= 0.3 is 5.97 Å². The van der Waals surface area contributed by atoms with E-state index in [1.165, 1.54) is 11.8 Å². The quantitative estimate of drug-likeness (QED) is 0.184. The number of thioether (sulfide) groups is 1. The number of nitrogens with two attached hydrogens (primary N) is 2. The number of carbonyl (C=O) groups is 5. The van der Waals surface area contributed by atoms with Crippen molar-refractivity contribution >= 4 is 41.4 Å². The van der Waals surface area contributed by atoms with Gasteiger partial charge in [-0.15, -0.1) is 0 Å². The molecule has 0 rings (SSSR count). The van der Waals surface area contributed by atoms with E-state index in [0.717, 1.165) is 0 Å². The molecule has 12 heteroatoms. The molecule has 29 heavy (non-hydrogen) atoms. The second kappa shape index (κ2) is 13.8. The van der Waals surface area contributed by atoms with Crippen LogP contribution in [0.25, 0.3) is 0 Å². The fraction of sp³-hybridized carbons (Fsp3) is 0.706. The summed E-state index contributed by atoms with van der Waals surface area (Å²) in [6.45, 7) is 3.03. The van der Waals surface area contributed by atoms with Crippen LogP contribution in [-0.4, -0.2) is 71.4 Å². The summed E-state index contributed by atoms with van der Waals surface area (Å²) in [5.74, 6) is -3.50. The van der Waals surface area contributed by atoms with Gasteiger partial charge in [0.05, 0.1) is 12.5 Å². The Labute approximate surface area is 174 Å². The molecule has 0 bridgehead atoms. The van der Waals surface area contributed by atoms with Crippen molar-refractivity contribution in [2.24, 2.45) is 17.4 Å². The molecule has 0 aliphatic rings. The van der Waals surface area contributed by atoms with E-state index in [9.17, 15) is 24.0 Å². The van der Waals surface area contributed by atoms with E-state index in [1.807, 2.05) is 20.1 Å². The zero-order chi connectivity index (χ0) is 22.6. The predicted octanol–water partition coefficient (Wildman–Crippen LogP) is -1.84. The number of carboxylic acids is 1. The van der Waals surface area contributed by atoms with Crippen LogP contribution in [0, 0.1) is 5.92 Å². The first-order valence-electron chi connectivity index (χ1n) is 9.10. The third-order valence-corrected chi connectivity index (χ3v) is 4.41. The molecule has 3 unspecified atom stereocenters. The van der Waals surface area contributed by atoms with Gasteiger partial charge in [0.2, 0.25) is 23.6 Å². The largest absolute Gasteiger partial charge is 0.480 e. The molecular weight excluding hydrogens is 402 g/mol. The van der Waals surface area contributed by atoms with E-state index >= 15 is 0 Å². The van der Waals surface area contributed by atoms with Crippen molar-refractivity contribution in [2.75, 3.05) is 18.6 Å². The molecule has 3 atom stereocenters. The second-order valence-electron chi connectivity index (χ2n) is 6.92. The highest BCUT2D eigenvalue weighted by Gasteiger charge is 2.29. The Hall–Kier alpha value is -2.34. The zero-order valence-corrected chi connectivity index (χ0v) is 17.7. The predicted molar refractivity (Wildman–Crippen MR) is 109 cm³/mol. The van der Waals surface area contributed by atoms with Gasteiger partial charge in [-0.2, -0.15) is 11.8 Å². The first-order chi connectivity index (χ1) is 13.5. The van der Waals surface area contributed by atoms with Crippen LogP contribution in [-0.2, 0) is 24.0 Å². The highest BCUT2D eigenvalue weighted by Crippen LogP contribution is 2.07. The number of nitrogens with one attached hydrogen (secondary N) is 3. The molecule has 0 aromatic rings. The number of hydrogen-bond donors (Lipinski definition) is 6. The number of aliphatic carboxylic acids is 1. The lowest BCUT2D eigenvalue weighted by Crippen LogP contribution is -2.57. The Morgan fingerprint density at radius 3 is 2.07 bits per heavy atom. The van der Waals surface area contributed by atoms with Crippen molar-refractivity contribution in [3.8, 4) is 0 Å². The molecule has 4 amide bonds. The molecule has 0 heterocycles. The monoisotopic (exact) mass is 433 g/mol. The SMILES string of the molecule is CSCCC(N)C(=O)NC(CC(N)=O)C(=O)NC(CC(C)C)C(=O)NCC(=O)O. The summed E-state index contributed by atoms with van der Waals surface area (Å²) in [7, 11) is 0. The summed E-state index contributed by atoms with van der Waals surface area (Å²) >= 11 is 1.51. The van der Waals surface area contributed by atoms with Crippen molar-refractivity contribution in [1.29, 1.82) is 0 Å². The van der Waals surface area contributed by atoms with Crippen molar-refractivity contribution in [3.63, 3.8) is 0 Å². The number of carboxylic acid groups (broad SMARTS) is 1. The average molecular weight is 434 g/mol. The Kier molecular flexibility index (Phi) is 12.7. The van der Waals surface area contributed by atoms with E-state index in [4.69, 9.17) is 16.6 Å².